The van der Waals surface area contributed by atoms with Crippen LogP contribution in [-0.2, 0) is 17.7 Å². The van der Waals surface area contributed by atoms with E-state index in [2.05, 4.69) is 55.4 Å². The van der Waals surface area contributed by atoms with Crippen LogP contribution in [0.15, 0.2) is 0 Å². The molecule has 0 aromatic heterocycles. The Hall–Kier alpha value is 0.0569. The highest BCUT2D eigenvalue weighted by atomic mass is 28.4. The van der Waals surface area contributed by atoms with Crippen LogP contribution in [0.2, 0.25) is 0 Å². The van der Waals surface area contributed by atoms with Crippen molar-refractivity contribution in [1.29, 1.82) is 0 Å². The highest BCUT2D eigenvalue weighted by molar-refractivity contribution is 6.53. The van der Waals surface area contributed by atoms with Crippen molar-refractivity contribution >= 4 is 9.05 Å². The van der Waals surface area contributed by atoms with E-state index in [-0.39, 0.29) is 0 Å². The van der Waals surface area contributed by atoms with E-state index in [1.54, 1.807) is 0 Å². The van der Waals surface area contributed by atoms with Crippen LogP contribution in [0, 0.1) is 23.7 Å². The maximum absolute atomic E-state index is 6.68. The van der Waals surface area contributed by atoms with Gasteiger partial charge in [0.2, 0.25) is 0 Å². The molecule has 0 N–H and O–H groups in total. The topological polar surface area (TPSA) is 36.9 Å². The third-order valence-electron chi connectivity index (χ3n) is 11.8. The van der Waals surface area contributed by atoms with Gasteiger partial charge in [0, 0.05) is 26.4 Å². The Morgan fingerprint density at radius 3 is 0.509 bits per heavy atom. The van der Waals surface area contributed by atoms with Crippen molar-refractivity contribution in [2.24, 2.45) is 23.7 Å². The van der Waals surface area contributed by atoms with E-state index in [0.29, 0.717) is 26.4 Å². The van der Waals surface area contributed by atoms with Crippen LogP contribution in [0.4, 0.5) is 0 Å². The molecule has 0 aliphatic rings. The Kier molecular flexibility index (Phi) is 44.2. The average Bonchev–Trinajstić information content (AvgIpc) is 3.16. The van der Waals surface area contributed by atoms with Gasteiger partial charge in [-0.3, -0.25) is 0 Å². The third kappa shape index (κ3) is 45.4. The molecular formula is C52H108O4Si. The second-order valence-electron chi connectivity index (χ2n) is 19.9. The van der Waals surface area contributed by atoms with E-state index in [0.717, 1.165) is 49.4 Å². The monoisotopic (exact) mass is 825 g/mol. The highest BCUT2D eigenvalue weighted by Crippen LogP contribution is 2.20. The first-order valence-corrected chi connectivity index (χ1v) is 27.9. The smallest absolute Gasteiger partial charge is 0.351 e. The van der Waals surface area contributed by atoms with Crippen LogP contribution in [0.5, 0.6) is 0 Å². The summed E-state index contributed by atoms with van der Waals surface area (Å²) < 4.78 is 26.7. The molecule has 0 aromatic rings. The predicted octanol–water partition coefficient (Wildman–Crippen LogP) is 18.2. The number of hydrogen-bond donors (Lipinski definition) is 0. The fraction of sp³-hybridized carbons (Fsp3) is 1.00. The molecule has 0 fully saturated rings. The summed E-state index contributed by atoms with van der Waals surface area (Å²) in [6.45, 7) is 21.5. The Morgan fingerprint density at radius 2 is 0.351 bits per heavy atom. The molecule has 0 aliphatic carbocycles. The van der Waals surface area contributed by atoms with Gasteiger partial charge in [0.1, 0.15) is 0 Å². The average molecular weight is 826 g/mol. The van der Waals surface area contributed by atoms with E-state index < -0.39 is 9.05 Å². The zero-order valence-electron chi connectivity index (χ0n) is 40.7. The molecule has 57 heavy (non-hydrogen) atoms. The summed E-state index contributed by atoms with van der Waals surface area (Å²) in [4.78, 5) is 0. The lowest BCUT2D eigenvalue weighted by Crippen LogP contribution is -2.50. The summed E-state index contributed by atoms with van der Waals surface area (Å²) in [5.74, 6) is 3.37. The van der Waals surface area contributed by atoms with Gasteiger partial charge in [0.25, 0.3) is 0 Å². The largest absolute Gasteiger partial charge is 0.679 e. The molecule has 5 heteroatoms. The van der Waals surface area contributed by atoms with Crippen molar-refractivity contribution in [1.82, 2.24) is 0 Å². The highest BCUT2D eigenvalue weighted by Gasteiger charge is 2.45. The number of rotatable bonds is 48. The van der Waals surface area contributed by atoms with Gasteiger partial charge in [-0.05, 0) is 49.4 Å². The number of hydrogen-bond acceptors (Lipinski definition) is 4. The van der Waals surface area contributed by atoms with E-state index in [9.17, 15) is 0 Å². The molecule has 0 radical (unpaired) electrons. The van der Waals surface area contributed by atoms with Crippen molar-refractivity contribution in [3.05, 3.63) is 0 Å². The summed E-state index contributed by atoms with van der Waals surface area (Å²) in [7, 11) is -3.19. The summed E-state index contributed by atoms with van der Waals surface area (Å²) in [5, 5.41) is 0. The molecule has 0 unspecified atom stereocenters. The molecule has 344 valence electrons. The standard InChI is InChI=1S/C52H108O4Si/c1-49(2)41-33-25-17-9-13-21-29-37-45-53-57(54-46-38-30-22-14-10-18-26-34-42-50(3)4,55-47-39-31-23-15-11-19-27-35-43-51(5)6)56-48-40-32-24-16-12-20-28-36-44-52(7)8/h49-52H,9-48H2,1-8H3. The maximum atomic E-state index is 6.68. The lowest BCUT2D eigenvalue weighted by atomic mass is 10.0. The minimum absolute atomic E-state index is 0.699. The molecule has 0 rings (SSSR count). The summed E-state index contributed by atoms with van der Waals surface area (Å²) in [6.07, 6.45) is 47.6. The zero-order valence-corrected chi connectivity index (χ0v) is 41.7. The van der Waals surface area contributed by atoms with Crippen molar-refractivity contribution in [2.45, 2.75) is 287 Å². The molecule has 0 saturated carbocycles. The summed E-state index contributed by atoms with van der Waals surface area (Å²) in [6, 6.07) is 0. The first-order valence-electron chi connectivity index (χ1n) is 26.2. The zero-order chi connectivity index (χ0) is 41.9. The van der Waals surface area contributed by atoms with Gasteiger partial charge in [-0.25, -0.2) is 0 Å². The first-order chi connectivity index (χ1) is 27.7. The molecule has 0 saturated heterocycles. The molecular weight excluding hydrogens is 717 g/mol. The predicted molar refractivity (Wildman–Crippen MR) is 255 cm³/mol. The summed E-state index contributed by atoms with van der Waals surface area (Å²) in [5.41, 5.74) is 0. The van der Waals surface area contributed by atoms with E-state index >= 15 is 0 Å². The normalized spacial score (nSPS) is 12.4. The number of unbranched alkanes of at least 4 members (excludes halogenated alkanes) is 28. The molecule has 0 heterocycles. The van der Waals surface area contributed by atoms with Crippen LogP contribution in [0.1, 0.15) is 287 Å². The van der Waals surface area contributed by atoms with Gasteiger partial charge in [0.15, 0.2) is 0 Å². The van der Waals surface area contributed by atoms with Crippen molar-refractivity contribution in [2.75, 3.05) is 26.4 Å². The van der Waals surface area contributed by atoms with E-state index in [4.69, 9.17) is 17.7 Å². The fourth-order valence-corrected chi connectivity index (χ4v) is 9.98. The molecule has 0 aliphatic heterocycles. The van der Waals surface area contributed by atoms with Gasteiger partial charge < -0.3 is 17.7 Å². The lowest BCUT2D eigenvalue weighted by Gasteiger charge is -2.28. The van der Waals surface area contributed by atoms with E-state index in [1.165, 1.54) is 205 Å². The molecule has 0 amide bonds. The van der Waals surface area contributed by atoms with Crippen molar-refractivity contribution < 1.29 is 17.7 Å². The summed E-state index contributed by atoms with van der Waals surface area (Å²) >= 11 is 0. The molecule has 0 atom stereocenters. The Bertz CT molecular complexity index is 631. The first kappa shape index (κ1) is 57.1. The minimum atomic E-state index is -3.19. The molecule has 0 spiro atoms. The lowest BCUT2D eigenvalue weighted by molar-refractivity contribution is -0.0375. The van der Waals surface area contributed by atoms with Crippen molar-refractivity contribution in [3.63, 3.8) is 0 Å². The quantitative estimate of drug-likeness (QED) is 0.0452. The van der Waals surface area contributed by atoms with Crippen LogP contribution in [0.3, 0.4) is 0 Å². The SMILES string of the molecule is CC(C)CCCCCCCCCCO[Si](OCCCCCCCCCCC(C)C)(OCCCCCCCCCCC(C)C)OCCCCCCCCCCC(C)C. The van der Waals surface area contributed by atoms with Gasteiger partial charge in [-0.1, -0.05) is 261 Å². The molecule has 0 aromatic carbocycles. The minimum Gasteiger partial charge on any atom is -0.351 e. The third-order valence-corrected chi connectivity index (χ3v) is 14.0. The van der Waals surface area contributed by atoms with Crippen LogP contribution in [0.25, 0.3) is 0 Å². The Balaban J connectivity index is 4.95. The van der Waals surface area contributed by atoms with Gasteiger partial charge >= 0.3 is 9.05 Å². The van der Waals surface area contributed by atoms with Crippen LogP contribution >= 0.6 is 0 Å². The Labute approximate surface area is 362 Å². The van der Waals surface area contributed by atoms with E-state index in [1.807, 2.05) is 0 Å². The molecule has 0 bridgehead atoms. The fourth-order valence-electron chi connectivity index (χ4n) is 7.90. The second-order valence-corrected chi connectivity index (χ2v) is 22.1. The molecule has 4 nitrogen and oxygen atoms in total. The second kappa shape index (κ2) is 44.1. The van der Waals surface area contributed by atoms with Crippen LogP contribution < -0.4 is 0 Å². The van der Waals surface area contributed by atoms with Gasteiger partial charge in [-0.2, -0.15) is 0 Å². The van der Waals surface area contributed by atoms with Gasteiger partial charge in [0.05, 0.1) is 0 Å². The van der Waals surface area contributed by atoms with Crippen LogP contribution in [-0.4, -0.2) is 35.5 Å². The van der Waals surface area contributed by atoms with Crippen molar-refractivity contribution in [3.8, 4) is 0 Å². The van der Waals surface area contributed by atoms with Gasteiger partial charge in [-0.15, -0.1) is 0 Å². The maximum Gasteiger partial charge on any atom is 0.679 e. The Morgan fingerprint density at radius 1 is 0.211 bits per heavy atom.